The Kier molecular flexibility index (Phi) is 5.04. The van der Waals surface area contributed by atoms with E-state index in [9.17, 15) is 0 Å². The number of rotatable bonds is 4. The summed E-state index contributed by atoms with van der Waals surface area (Å²) in [6, 6.07) is 9.78. The Labute approximate surface area is 131 Å². The van der Waals surface area contributed by atoms with E-state index in [-0.39, 0.29) is 0 Å². The summed E-state index contributed by atoms with van der Waals surface area (Å²) in [6.07, 6.45) is 1.94. The third-order valence-corrected chi connectivity index (χ3v) is 3.16. The molecular weight excluding hydrogens is 278 g/mol. The normalized spacial score (nSPS) is 10.2. The number of guanidine groups is 1. The van der Waals surface area contributed by atoms with Crippen molar-refractivity contribution in [3.05, 3.63) is 42.2 Å². The van der Waals surface area contributed by atoms with Crippen LogP contribution in [0.5, 0.6) is 5.75 Å². The van der Waals surface area contributed by atoms with E-state index in [1.165, 1.54) is 0 Å². The highest BCUT2D eigenvalue weighted by atomic mass is 16.5. The number of benzene rings is 1. The highest BCUT2D eigenvalue weighted by molar-refractivity contribution is 5.79. The molecule has 0 atom stereocenters. The van der Waals surface area contributed by atoms with Crippen molar-refractivity contribution in [3.63, 3.8) is 0 Å². The SMILES string of the molecule is COc1ccc(-n2ccc(CN=C(N(C)C)N(C)C)n2)cc1. The van der Waals surface area contributed by atoms with Crippen molar-refractivity contribution in [3.8, 4) is 11.4 Å². The minimum atomic E-state index is 0.550. The second kappa shape index (κ2) is 6.98. The zero-order chi connectivity index (χ0) is 16.1. The van der Waals surface area contributed by atoms with Gasteiger partial charge in [0, 0.05) is 34.4 Å². The van der Waals surface area contributed by atoms with Crippen LogP contribution in [0.2, 0.25) is 0 Å². The molecule has 1 aromatic carbocycles. The zero-order valence-corrected chi connectivity index (χ0v) is 13.8. The van der Waals surface area contributed by atoms with Crippen molar-refractivity contribution in [1.82, 2.24) is 19.6 Å². The van der Waals surface area contributed by atoms with Gasteiger partial charge in [0.1, 0.15) is 5.75 Å². The number of nitrogens with zero attached hydrogens (tertiary/aromatic N) is 5. The quantitative estimate of drug-likeness (QED) is 0.639. The lowest BCUT2D eigenvalue weighted by atomic mass is 10.3. The van der Waals surface area contributed by atoms with Crippen LogP contribution in [0.4, 0.5) is 0 Å². The first kappa shape index (κ1) is 15.9. The fraction of sp³-hybridized carbons (Fsp3) is 0.375. The Morgan fingerprint density at radius 2 is 1.73 bits per heavy atom. The van der Waals surface area contributed by atoms with Crippen molar-refractivity contribution in [2.75, 3.05) is 35.3 Å². The molecule has 1 heterocycles. The number of hydrogen-bond donors (Lipinski definition) is 0. The van der Waals surface area contributed by atoms with Crippen molar-refractivity contribution in [1.29, 1.82) is 0 Å². The summed E-state index contributed by atoms with van der Waals surface area (Å²) in [6.45, 7) is 0.550. The summed E-state index contributed by atoms with van der Waals surface area (Å²) in [4.78, 5) is 8.57. The summed E-state index contributed by atoms with van der Waals surface area (Å²) in [5, 5.41) is 4.56. The van der Waals surface area contributed by atoms with Crippen molar-refractivity contribution in [2.45, 2.75) is 6.54 Å². The van der Waals surface area contributed by atoms with Gasteiger partial charge in [-0.1, -0.05) is 0 Å². The Morgan fingerprint density at radius 3 is 2.27 bits per heavy atom. The first-order chi connectivity index (χ1) is 10.5. The molecule has 2 rings (SSSR count). The molecule has 0 aliphatic carbocycles. The molecule has 6 nitrogen and oxygen atoms in total. The van der Waals surface area contributed by atoms with Crippen LogP contribution in [-0.4, -0.2) is 60.8 Å². The molecule has 22 heavy (non-hydrogen) atoms. The van der Waals surface area contributed by atoms with Crippen LogP contribution in [-0.2, 0) is 6.54 Å². The van der Waals surface area contributed by atoms with Crippen molar-refractivity contribution < 1.29 is 4.74 Å². The van der Waals surface area contributed by atoms with Gasteiger partial charge in [-0.25, -0.2) is 9.67 Å². The van der Waals surface area contributed by atoms with E-state index in [1.807, 2.05) is 79.2 Å². The molecule has 0 aliphatic rings. The molecule has 0 aliphatic heterocycles. The molecular formula is C16H23N5O. The maximum Gasteiger partial charge on any atom is 0.195 e. The minimum Gasteiger partial charge on any atom is -0.497 e. The van der Waals surface area contributed by atoms with Crippen LogP contribution < -0.4 is 4.74 Å². The molecule has 0 bridgehead atoms. The van der Waals surface area contributed by atoms with Crippen LogP contribution in [0.25, 0.3) is 5.69 Å². The van der Waals surface area contributed by atoms with E-state index in [0.717, 1.165) is 23.1 Å². The molecule has 1 aromatic heterocycles. The Morgan fingerprint density at radius 1 is 1.09 bits per heavy atom. The number of ether oxygens (including phenoxy) is 1. The van der Waals surface area contributed by atoms with E-state index in [2.05, 4.69) is 10.1 Å². The van der Waals surface area contributed by atoms with Gasteiger partial charge in [0.25, 0.3) is 0 Å². The fourth-order valence-corrected chi connectivity index (χ4v) is 2.16. The topological polar surface area (TPSA) is 45.9 Å². The van der Waals surface area contributed by atoms with Crippen molar-refractivity contribution in [2.24, 2.45) is 4.99 Å². The first-order valence-electron chi connectivity index (χ1n) is 7.09. The van der Waals surface area contributed by atoms with Gasteiger partial charge in [-0.2, -0.15) is 5.10 Å². The van der Waals surface area contributed by atoms with Gasteiger partial charge in [-0.3, -0.25) is 0 Å². The van der Waals surface area contributed by atoms with Crippen LogP contribution in [0.3, 0.4) is 0 Å². The Balaban J connectivity index is 2.12. The Bertz CT molecular complexity index is 618. The minimum absolute atomic E-state index is 0.550. The standard InChI is InChI=1S/C16H23N5O/c1-19(2)16(20(3)4)17-12-13-10-11-21(18-13)14-6-8-15(22-5)9-7-14/h6-11H,12H2,1-5H3. The largest absolute Gasteiger partial charge is 0.497 e. The lowest BCUT2D eigenvalue weighted by Crippen LogP contribution is -2.35. The third-order valence-electron chi connectivity index (χ3n) is 3.16. The third kappa shape index (κ3) is 3.78. The maximum atomic E-state index is 5.16. The molecule has 0 fully saturated rings. The molecule has 0 radical (unpaired) electrons. The summed E-state index contributed by atoms with van der Waals surface area (Å²) in [5.74, 6) is 1.75. The maximum absolute atomic E-state index is 5.16. The van der Waals surface area contributed by atoms with Gasteiger partial charge in [0.2, 0.25) is 0 Å². The summed E-state index contributed by atoms with van der Waals surface area (Å²) >= 11 is 0. The van der Waals surface area contributed by atoms with Gasteiger partial charge in [0.15, 0.2) is 5.96 Å². The summed E-state index contributed by atoms with van der Waals surface area (Å²) in [7, 11) is 9.58. The van der Waals surface area contributed by atoms with Gasteiger partial charge < -0.3 is 14.5 Å². The van der Waals surface area contributed by atoms with Crippen LogP contribution in [0, 0.1) is 0 Å². The second-order valence-corrected chi connectivity index (χ2v) is 5.35. The summed E-state index contributed by atoms with van der Waals surface area (Å²) < 4.78 is 7.01. The van der Waals surface area contributed by atoms with Gasteiger partial charge in [-0.05, 0) is 30.3 Å². The first-order valence-corrected chi connectivity index (χ1v) is 7.09. The van der Waals surface area contributed by atoms with E-state index in [0.29, 0.717) is 6.54 Å². The molecule has 0 N–H and O–H groups in total. The number of aromatic nitrogens is 2. The van der Waals surface area contributed by atoms with E-state index >= 15 is 0 Å². The molecule has 118 valence electrons. The average molecular weight is 301 g/mol. The molecule has 0 unspecified atom stereocenters. The molecule has 0 amide bonds. The highest BCUT2D eigenvalue weighted by Crippen LogP contribution is 2.14. The lowest BCUT2D eigenvalue weighted by Gasteiger charge is -2.22. The molecule has 6 heteroatoms. The predicted molar refractivity (Wildman–Crippen MR) is 88.6 cm³/mol. The fourth-order valence-electron chi connectivity index (χ4n) is 2.16. The van der Waals surface area contributed by atoms with E-state index in [1.54, 1.807) is 7.11 Å². The highest BCUT2D eigenvalue weighted by Gasteiger charge is 2.06. The van der Waals surface area contributed by atoms with Crippen LogP contribution in [0.1, 0.15) is 5.69 Å². The molecule has 0 saturated heterocycles. The van der Waals surface area contributed by atoms with Crippen molar-refractivity contribution >= 4 is 5.96 Å². The van der Waals surface area contributed by atoms with Gasteiger partial charge >= 0.3 is 0 Å². The number of aliphatic imine (C=N–C) groups is 1. The monoisotopic (exact) mass is 301 g/mol. The van der Waals surface area contributed by atoms with E-state index in [4.69, 9.17) is 4.74 Å². The zero-order valence-electron chi connectivity index (χ0n) is 13.8. The van der Waals surface area contributed by atoms with Crippen LogP contribution in [0.15, 0.2) is 41.5 Å². The number of methoxy groups -OCH3 is 1. The molecule has 2 aromatic rings. The molecule has 0 spiro atoms. The molecule has 0 saturated carbocycles. The van der Waals surface area contributed by atoms with Gasteiger partial charge in [-0.15, -0.1) is 0 Å². The smallest absolute Gasteiger partial charge is 0.195 e. The van der Waals surface area contributed by atoms with Crippen LogP contribution >= 0.6 is 0 Å². The second-order valence-electron chi connectivity index (χ2n) is 5.35. The lowest BCUT2D eigenvalue weighted by molar-refractivity contribution is 0.414. The van der Waals surface area contributed by atoms with Gasteiger partial charge in [0.05, 0.1) is 25.0 Å². The predicted octanol–water partition coefficient (Wildman–Crippen LogP) is 1.86. The number of hydrogen-bond acceptors (Lipinski definition) is 3. The summed E-state index contributed by atoms with van der Waals surface area (Å²) in [5.41, 5.74) is 1.92. The average Bonchev–Trinajstić information content (AvgIpc) is 2.95. The Hall–Kier alpha value is -2.50. The van der Waals surface area contributed by atoms with E-state index < -0.39 is 0 Å².